The van der Waals surface area contributed by atoms with Crippen LogP contribution in [-0.4, -0.2) is 14.1 Å². The van der Waals surface area contributed by atoms with Crippen LogP contribution < -0.4 is 0 Å². The topological polar surface area (TPSA) is 22.8 Å². The summed E-state index contributed by atoms with van der Waals surface area (Å²) in [5.74, 6) is 0. The Bertz CT molecular complexity index is 3450. The normalized spacial score (nSPS) is 18.2. The van der Waals surface area contributed by atoms with Crippen molar-refractivity contribution >= 4 is 70.6 Å². The van der Waals surface area contributed by atoms with Crippen LogP contribution in [0.4, 0.5) is 0 Å². The van der Waals surface area contributed by atoms with Crippen molar-refractivity contribution in [2.24, 2.45) is 0 Å². The summed E-state index contributed by atoms with van der Waals surface area (Å²) >= 11 is 0. The Labute approximate surface area is 343 Å². The van der Waals surface area contributed by atoms with Crippen LogP contribution >= 0.6 is 0 Å². The van der Waals surface area contributed by atoms with Crippen molar-refractivity contribution < 1.29 is 0 Å². The van der Waals surface area contributed by atoms with Gasteiger partial charge in [-0.25, -0.2) is 0 Å². The molecule has 0 saturated heterocycles. The van der Waals surface area contributed by atoms with E-state index in [1.54, 1.807) is 0 Å². The van der Waals surface area contributed by atoms with Crippen molar-refractivity contribution in [2.45, 2.75) is 57.0 Å². The molecule has 59 heavy (non-hydrogen) atoms. The van der Waals surface area contributed by atoms with Crippen LogP contribution in [0.5, 0.6) is 0 Å². The molecule has 0 amide bonds. The summed E-state index contributed by atoms with van der Waals surface area (Å²) < 4.78 is 5.40. The first kappa shape index (κ1) is 33.3. The van der Waals surface area contributed by atoms with E-state index in [0.717, 1.165) is 25.7 Å². The molecule has 13 rings (SSSR count). The zero-order valence-corrected chi connectivity index (χ0v) is 33.4. The maximum Gasteiger partial charge on any atom is 0.0563 e. The molecule has 3 nitrogen and oxygen atoms in total. The van der Waals surface area contributed by atoms with Crippen LogP contribution in [0.1, 0.15) is 66.7 Å². The SMILES string of the molecule is CC1(C)c2ccc3c4ccccc4c4ccccc4c3c2-c2c1ccc1c2c2cnccc2n1C1CCc2c(c3ccccc3n2C2C=CC=C(c3ccccc3)C2)C1. The number of para-hydroxylation sites is 1. The fraction of sp³-hybridized carbons (Fsp3) is 0.161. The van der Waals surface area contributed by atoms with Crippen molar-refractivity contribution in [2.75, 3.05) is 0 Å². The standard InChI is InChI=1S/C56H43N3/c1-56(2)46-25-24-43-40-19-7-6-17-38(40)39-18-8-9-21-42(39)52(43)54(46)55-47(56)26-28-51-53(55)45-33-57-30-29-50(45)59(51)37-23-27-49-44(32-37)41-20-10-11-22-48(41)58(49)36-16-12-15-35(31-36)34-13-4-3-5-14-34/h3-22,24-26,28-30,33,36-37H,23,27,31-32H2,1-2H3. The van der Waals surface area contributed by atoms with Crippen molar-refractivity contribution in [1.29, 1.82) is 0 Å². The second kappa shape index (κ2) is 12.2. The third-order valence-electron chi connectivity index (χ3n) is 14.5. The van der Waals surface area contributed by atoms with Crippen LogP contribution in [0, 0.1) is 0 Å². The fourth-order valence-corrected chi connectivity index (χ4v) is 11.9. The van der Waals surface area contributed by atoms with Gasteiger partial charge in [-0.1, -0.05) is 147 Å². The number of hydrogen-bond acceptors (Lipinski definition) is 1. The van der Waals surface area contributed by atoms with Gasteiger partial charge in [0.15, 0.2) is 0 Å². The number of benzene rings is 7. The van der Waals surface area contributed by atoms with Crippen LogP contribution in [0.3, 0.4) is 0 Å². The van der Waals surface area contributed by atoms with E-state index in [2.05, 4.69) is 181 Å². The number of aromatic nitrogens is 3. The highest BCUT2D eigenvalue weighted by Crippen LogP contribution is 2.57. The van der Waals surface area contributed by atoms with Gasteiger partial charge in [0.05, 0.1) is 17.1 Å². The Hall–Kier alpha value is -6.71. The lowest BCUT2D eigenvalue weighted by Crippen LogP contribution is -2.21. The van der Waals surface area contributed by atoms with Gasteiger partial charge in [-0.05, 0) is 115 Å². The largest absolute Gasteiger partial charge is 0.337 e. The summed E-state index contributed by atoms with van der Waals surface area (Å²) in [7, 11) is 0. The summed E-state index contributed by atoms with van der Waals surface area (Å²) in [6.07, 6.45) is 15.3. The highest BCUT2D eigenvalue weighted by atomic mass is 15.1. The molecular formula is C56H43N3. The first-order valence-corrected chi connectivity index (χ1v) is 21.4. The number of pyridine rings is 1. The molecule has 3 aliphatic carbocycles. The molecule has 7 aromatic carbocycles. The molecule has 0 radical (unpaired) electrons. The second-order valence-corrected chi connectivity index (χ2v) is 17.7. The molecule has 0 saturated carbocycles. The molecule has 0 N–H and O–H groups in total. The van der Waals surface area contributed by atoms with Gasteiger partial charge in [0.25, 0.3) is 0 Å². The highest BCUT2D eigenvalue weighted by Gasteiger charge is 2.40. The van der Waals surface area contributed by atoms with Crippen LogP contribution in [0.2, 0.25) is 0 Å². The van der Waals surface area contributed by atoms with Crippen molar-refractivity contribution in [3.8, 4) is 11.1 Å². The van der Waals surface area contributed by atoms with Gasteiger partial charge in [0, 0.05) is 51.2 Å². The molecular weight excluding hydrogens is 715 g/mol. The molecule has 0 aliphatic heterocycles. The Morgan fingerprint density at radius 2 is 1.20 bits per heavy atom. The summed E-state index contributed by atoms with van der Waals surface area (Å²) in [5, 5.41) is 12.0. The molecule has 3 aromatic heterocycles. The van der Waals surface area contributed by atoms with Crippen LogP contribution in [0.25, 0.3) is 81.7 Å². The number of hydrogen-bond donors (Lipinski definition) is 0. The summed E-state index contributed by atoms with van der Waals surface area (Å²) in [6.45, 7) is 4.85. The monoisotopic (exact) mass is 757 g/mol. The summed E-state index contributed by atoms with van der Waals surface area (Å²) in [5.41, 5.74) is 15.2. The molecule has 0 spiro atoms. The van der Waals surface area contributed by atoms with Gasteiger partial charge in [-0.3, -0.25) is 4.98 Å². The summed E-state index contributed by atoms with van der Waals surface area (Å²) in [4.78, 5) is 4.82. The molecule has 3 aliphatic rings. The zero-order chi connectivity index (χ0) is 39.0. The maximum absolute atomic E-state index is 4.82. The molecule has 2 atom stereocenters. The Morgan fingerprint density at radius 1 is 0.559 bits per heavy atom. The lowest BCUT2D eigenvalue weighted by atomic mass is 9.81. The van der Waals surface area contributed by atoms with E-state index in [1.807, 2.05) is 6.20 Å². The maximum atomic E-state index is 4.82. The van der Waals surface area contributed by atoms with E-state index in [-0.39, 0.29) is 11.5 Å². The van der Waals surface area contributed by atoms with Crippen LogP contribution in [0.15, 0.2) is 164 Å². The molecule has 0 bridgehead atoms. The van der Waals surface area contributed by atoms with Crippen molar-refractivity contribution in [1.82, 2.24) is 14.1 Å². The molecule has 10 aromatic rings. The number of fused-ring (bicyclic) bond motifs is 17. The Kier molecular flexibility index (Phi) is 6.86. The number of nitrogens with zero attached hydrogens (tertiary/aromatic N) is 3. The van der Waals surface area contributed by atoms with Crippen molar-refractivity contribution in [3.63, 3.8) is 0 Å². The molecule has 3 heterocycles. The predicted molar refractivity (Wildman–Crippen MR) is 248 cm³/mol. The average Bonchev–Trinajstić information content (AvgIpc) is 3.89. The summed E-state index contributed by atoms with van der Waals surface area (Å²) in [6, 6.07) is 50.7. The average molecular weight is 758 g/mol. The van der Waals surface area contributed by atoms with Gasteiger partial charge in [0.1, 0.15) is 0 Å². The van der Waals surface area contributed by atoms with E-state index in [9.17, 15) is 0 Å². The van der Waals surface area contributed by atoms with E-state index >= 15 is 0 Å². The number of allylic oxidation sites excluding steroid dienone is 4. The Morgan fingerprint density at radius 3 is 2.00 bits per heavy atom. The Balaban J connectivity index is 1.02. The zero-order valence-electron chi connectivity index (χ0n) is 33.4. The smallest absolute Gasteiger partial charge is 0.0563 e. The quantitative estimate of drug-likeness (QED) is 0.165. The molecule has 3 heteroatoms. The molecule has 2 unspecified atom stereocenters. The van der Waals surface area contributed by atoms with E-state index in [4.69, 9.17) is 4.98 Å². The van der Waals surface area contributed by atoms with Gasteiger partial charge < -0.3 is 9.13 Å². The van der Waals surface area contributed by atoms with Gasteiger partial charge >= 0.3 is 0 Å². The highest BCUT2D eigenvalue weighted by molar-refractivity contribution is 6.31. The lowest BCUT2D eigenvalue weighted by molar-refractivity contribution is 0.449. The fourth-order valence-electron chi connectivity index (χ4n) is 11.9. The third kappa shape index (κ3) is 4.51. The van der Waals surface area contributed by atoms with Crippen LogP contribution in [-0.2, 0) is 18.3 Å². The first-order chi connectivity index (χ1) is 29.1. The van der Waals surface area contributed by atoms with Crippen molar-refractivity contribution in [3.05, 3.63) is 192 Å². The van der Waals surface area contributed by atoms with Gasteiger partial charge in [0.2, 0.25) is 0 Å². The van der Waals surface area contributed by atoms with E-state index in [1.165, 1.54) is 110 Å². The predicted octanol–water partition coefficient (Wildman–Crippen LogP) is 14.2. The third-order valence-corrected chi connectivity index (χ3v) is 14.5. The van der Waals surface area contributed by atoms with Gasteiger partial charge in [-0.2, -0.15) is 0 Å². The second-order valence-electron chi connectivity index (χ2n) is 17.7. The molecule has 282 valence electrons. The number of rotatable bonds is 3. The molecule has 0 fully saturated rings. The van der Waals surface area contributed by atoms with E-state index < -0.39 is 0 Å². The van der Waals surface area contributed by atoms with Gasteiger partial charge in [-0.15, -0.1) is 0 Å². The minimum Gasteiger partial charge on any atom is -0.337 e. The lowest BCUT2D eigenvalue weighted by Gasteiger charge is -2.29. The minimum atomic E-state index is -0.152. The van der Waals surface area contributed by atoms with E-state index in [0.29, 0.717) is 6.04 Å². The first-order valence-electron chi connectivity index (χ1n) is 21.4. The minimum absolute atomic E-state index is 0.152.